The van der Waals surface area contributed by atoms with Crippen molar-refractivity contribution >= 4 is 0 Å². The highest BCUT2D eigenvalue weighted by Crippen LogP contribution is 2.13. The van der Waals surface area contributed by atoms with Crippen LogP contribution in [0, 0.1) is 0 Å². The summed E-state index contributed by atoms with van der Waals surface area (Å²) < 4.78 is 2.25. The maximum Gasteiger partial charge on any atom is 0.212 e. The molecule has 1 heteroatoms. The Bertz CT molecular complexity index is 407. The maximum absolute atomic E-state index is 2.25. The molecule has 0 radical (unpaired) electrons. The number of nitrogens with zero attached hydrogens (tertiary/aromatic N) is 1. The van der Waals surface area contributed by atoms with E-state index in [1.54, 1.807) is 0 Å². The third-order valence-corrected chi connectivity index (χ3v) is 2.35. The summed E-state index contributed by atoms with van der Waals surface area (Å²) in [4.78, 5) is 0. The lowest BCUT2D eigenvalue weighted by Gasteiger charge is -2.00. The normalized spacial score (nSPS) is 10.1. The molecule has 0 spiro atoms. The SMILES string of the molecule is CC[n+]1ccccc1-c1ccccc1. The quantitative estimate of drug-likeness (QED) is 0.632. The van der Waals surface area contributed by atoms with Crippen LogP contribution in [0.1, 0.15) is 6.92 Å². The van der Waals surface area contributed by atoms with Gasteiger partial charge in [0.1, 0.15) is 6.54 Å². The second-order valence-electron chi connectivity index (χ2n) is 3.24. The second kappa shape index (κ2) is 4.05. The Labute approximate surface area is 84.6 Å². The topological polar surface area (TPSA) is 3.88 Å². The minimum absolute atomic E-state index is 1.01. The van der Waals surface area contributed by atoms with Crippen LogP contribution in [0.15, 0.2) is 54.7 Å². The molecule has 1 aromatic carbocycles. The van der Waals surface area contributed by atoms with Crippen LogP contribution in [0.25, 0.3) is 11.3 Å². The molecule has 0 saturated heterocycles. The van der Waals surface area contributed by atoms with Gasteiger partial charge in [-0.3, -0.25) is 0 Å². The van der Waals surface area contributed by atoms with Gasteiger partial charge in [-0.1, -0.05) is 18.2 Å². The molecule has 0 aliphatic carbocycles. The van der Waals surface area contributed by atoms with E-state index in [1.165, 1.54) is 11.3 Å². The fourth-order valence-corrected chi connectivity index (χ4v) is 1.62. The van der Waals surface area contributed by atoms with E-state index in [-0.39, 0.29) is 0 Å². The molecule has 0 N–H and O–H groups in total. The molecule has 0 amide bonds. The highest BCUT2D eigenvalue weighted by Gasteiger charge is 2.08. The summed E-state index contributed by atoms with van der Waals surface area (Å²) in [5.41, 5.74) is 2.55. The molecular formula is C13H14N+. The first-order valence-electron chi connectivity index (χ1n) is 4.95. The van der Waals surface area contributed by atoms with Crippen molar-refractivity contribution < 1.29 is 4.57 Å². The van der Waals surface area contributed by atoms with Crippen LogP contribution in [-0.2, 0) is 6.54 Å². The van der Waals surface area contributed by atoms with Gasteiger partial charge in [-0.25, -0.2) is 0 Å². The van der Waals surface area contributed by atoms with Gasteiger partial charge in [-0.15, -0.1) is 0 Å². The van der Waals surface area contributed by atoms with Crippen LogP contribution < -0.4 is 4.57 Å². The molecule has 2 aromatic rings. The number of aromatic nitrogens is 1. The van der Waals surface area contributed by atoms with E-state index < -0.39 is 0 Å². The molecule has 1 heterocycles. The first-order valence-corrected chi connectivity index (χ1v) is 4.95. The van der Waals surface area contributed by atoms with Crippen molar-refractivity contribution in [3.63, 3.8) is 0 Å². The molecule has 14 heavy (non-hydrogen) atoms. The standard InChI is InChI=1S/C13H14N/c1-2-14-11-7-6-10-13(14)12-8-4-3-5-9-12/h3-11H,2H2,1H3/q+1. The lowest BCUT2D eigenvalue weighted by atomic mass is 10.1. The second-order valence-corrected chi connectivity index (χ2v) is 3.24. The molecule has 0 atom stereocenters. The van der Waals surface area contributed by atoms with Gasteiger partial charge in [0.15, 0.2) is 6.20 Å². The van der Waals surface area contributed by atoms with Crippen LogP contribution in [0.4, 0.5) is 0 Å². The molecule has 70 valence electrons. The lowest BCUT2D eigenvalue weighted by molar-refractivity contribution is -0.682. The summed E-state index contributed by atoms with van der Waals surface area (Å²) in [5.74, 6) is 0. The van der Waals surface area contributed by atoms with Crippen LogP contribution >= 0.6 is 0 Å². The Balaban J connectivity index is 2.51. The van der Waals surface area contributed by atoms with Gasteiger partial charge in [0.05, 0.1) is 0 Å². The minimum Gasteiger partial charge on any atom is -0.199 e. The van der Waals surface area contributed by atoms with Crippen molar-refractivity contribution in [3.05, 3.63) is 54.7 Å². The number of hydrogen-bond donors (Lipinski definition) is 0. The molecule has 1 nitrogen and oxygen atoms in total. The molecule has 1 aromatic heterocycles. The van der Waals surface area contributed by atoms with Crippen molar-refractivity contribution in [1.29, 1.82) is 0 Å². The zero-order chi connectivity index (χ0) is 9.80. The Kier molecular flexibility index (Phi) is 2.59. The number of benzene rings is 1. The molecule has 0 aliphatic rings. The van der Waals surface area contributed by atoms with Gasteiger partial charge in [0.2, 0.25) is 5.69 Å². The Hall–Kier alpha value is -1.63. The van der Waals surface area contributed by atoms with Crippen LogP contribution in [0.3, 0.4) is 0 Å². The fraction of sp³-hybridized carbons (Fsp3) is 0.154. The van der Waals surface area contributed by atoms with Gasteiger partial charge < -0.3 is 0 Å². The summed E-state index contributed by atoms with van der Waals surface area (Å²) in [7, 11) is 0. The van der Waals surface area contributed by atoms with Crippen molar-refractivity contribution in [3.8, 4) is 11.3 Å². The molecule has 0 bridgehead atoms. The van der Waals surface area contributed by atoms with Gasteiger partial charge in [0, 0.05) is 17.7 Å². The van der Waals surface area contributed by atoms with Gasteiger partial charge >= 0.3 is 0 Å². The molecule has 0 saturated carbocycles. The maximum atomic E-state index is 2.25. The van der Waals surface area contributed by atoms with E-state index in [0.29, 0.717) is 0 Å². The summed E-state index contributed by atoms with van der Waals surface area (Å²) in [6.07, 6.45) is 2.11. The van der Waals surface area contributed by atoms with E-state index in [1.807, 2.05) is 6.07 Å². The zero-order valence-corrected chi connectivity index (χ0v) is 8.35. The van der Waals surface area contributed by atoms with E-state index in [2.05, 4.69) is 60.2 Å². The van der Waals surface area contributed by atoms with Gasteiger partial charge in [-0.2, -0.15) is 4.57 Å². The van der Waals surface area contributed by atoms with Crippen molar-refractivity contribution in [2.75, 3.05) is 0 Å². The number of rotatable bonds is 2. The predicted molar refractivity (Wildman–Crippen MR) is 57.7 cm³/mol. The first-order chi connectivity index (χ1) is 6.92. The Morgan fingerprint density at radius 2 is 1.64 bits per heavy atom. The minimum atomic E-state index is 1.01. The predicted octanol–water partition coefficient (Wildman–Crippen LogP) is 2.66. The lowest BCUT2D eigenvalue weighted by Crippen LogP contribution is -2.34. The molecule has 2 rings (SSSR count). The van der Waals surface area contributed by atoms with Crippen LogP contribution in [-0.4, -0.2) is 0 Å². The third kappa shape index (κ3) is 1.67. The van der Waals surface area contributed by atoms with Crippen LogP contribution in [0.5, 0.6) is 0 Å². The monoisotopic (exact) mass is 184 g/mol. The molecular weight excluding hydrogens is 170 g/mol. The van der Waals surface area contributed by atoms with Crippen LogP contribution in [0.2, 0.25) is 0 Å². The molecule has 0 aliphatic heterocycles. The van der Waals surface area contributed by atoms with E-state index in [0.717, 1.165) is 6.54 Å². The summed E-state index contributed by atoms with van der Waals surface area (Å²) in [5, 5.41) is 0. The first kappa shape index (κ1) is 8.95. The number of hydrogen-bond acceptors (Lipinski definition) is 0. The zero-order valence-electron chi connectivity index (χ0n) is 8.35. The average Bonchev–Trinajstić information content (AvgIpc) is 2.30. The van der Waals surface area contributed by atoms with Gasteiger partial charge in [0.25, 0.3) is 0 Å². The average molecular weight is 184 g/mol. The van der Waals surface area contributed by atoms with E-state index in [4.69, 9.17) is 0 Å². The number of aryl methyl sites for hydroxylation is 1. The molecule has 0 unspecified atom stereocenters. The van der Waals surface area contributed by atoms with Gasteiger partial charge in [-0.05, 0) is 25.1 Å². The van der Waals surface area contributed by atoms with E-state index in [9.17, 15) is 0 Å². The summed E-state index contributed by atoms with van der Waals surface area (Å²) in [6.45, 7) is 3.16. The largest absolute Gasteiger partial charge is 0.212 e. The smallest absolute Gasteiger partial charge is 0.199 e. The summed E-state index contributed by atoms with van der Waals surface area (Å²) in [6, 6.07) is 16.8. The highest BCUT2D eigenvalue weighted by molar-refractivity contribution is 5.55. The Morgan fingerprint density at radius 3 is 2.36 bits per heavy atom. The Morgan fingerprint density at radius 1 is 0.929 bits per heavy atom. The third-order valence-electron chi connectivity index (χ3n) is 2.35. The number of pyridine rings is 1. The summed E-state index contributed by atoms with van der Waals surface area (Å²) >= 11 is 0. The van der Waals surface area contributed by atoms with Crippen molar-refractivity contribution in [2.45, 2.75) is 13.5 Å². The van der Waals surface area contributed by atoms with Crippen molar-refractivity contribution in [2.24, 2.45) is 0 Å². The highest BCUT2D eigenvalue weighted by atomic mass is 14.9. The van der Waals surface area contributed by atoms with Crippen molar-refractivity contribution in [1.82, 2.24) is 0 Å². The van der Waals surface area contributed by atoms with E-state index >= 15 is 0 Å². The fourth-order valence-electron chi connectivity index (χ4n) is 1.62. The molecule has 0 fully saturated rings.